The molecule has 4 nitrogen and oxygen atoms in total. The Morgan fingerprint density at radius 2 is 1.91 bits per heavy atom. The fourth-order valence-electron chi connectivity index (χ4n) is 3.07. The number of halogens is 1. The van der Waals surface area contributed by atoms with E-state index in [-0.39, 0.29) is 11.1 Å². The maximum Gasteiger partial charge on any atom is 0.251 e. The molecule has 1 aliphatic heterocycles. The van der Waals surface area contributed by atoms with Gasteiger partial charge in [0.05, 0.1) is 17.1 Å². The van der Waals surface area contributed by atoms with Crippen molar-refractivity contribution >= 4 is 10.9 Å². The van der Waals surface area contributed by atoms with E-state index in [4.69, 9.17) is 5.26 Å². The average Bonchev–Trinajstić information content (AvgIpc) is 2.54. The van der Waals surface area contributed by atoms with Crippen LogP contribution in [0.15, 0.2) is 29.1 Å². The second-order valence-electron chi connectivity index (χ2n) is 5.73. The topological polar surface area (TPSA) is 49.0 Å². The molecule has 1 saturated heterocycles. The molecule has 0 bridgehead atoms. The van der Waals surface area contributed by atoms with Crippen molar-refractivity contribution in [1.82, 2.24) is 9.47 Å². The summed E-state index contributed by atoms with van der Waals surface area (Å²) in [7, 11) is 0. The molecule has 1 fully saturated rings. The third-order valence-corrected chi connectivity index (χ3v) is 4.27. The van der Waals surface area contributed by atoms with Crippen LogP contribution in [0.1, 0.15) is 24.8 Å². The highest BCUT2D eigenvalue weighted by molar-refractivity contribution is 5.81. The van der Waals surface area contributed by atoms with E-state index in [1.54, 1.807) is 10.6 Å². The highest BCUT2D eigenvalue weighted by atomic mass is 19.1. The number of likely N-dealkylation sites (tertiary alicyclic amines) is 1. The molecule has 0 aliphatic carbocycles. The summed E-state index contributed by atoms with van der Waals surface area (Å²) in [6, 6.07) is 7.64. The minimum absolute atomic E-state index is 0.154. The molecule has 2 heterocycles. The van der Waals surface area contributed by atoms with Crippen LogP contribution in [0.3, 0.4) is 0 Å². The van der Waals surface area contributed by atoms with Crippen LogP contribution in [0.2, 0.25) is 0 Å². The zero-order chi connectivity index (χ0) is 15.5. The van der Waals surface area contributed by atoms with Crippen LogP contribution in [0.4, 0.5) is 4.39 Å². The molecule has 5 heteroatoms. The normalized spacial score (nSPS) is 15.8. The van der Waals surface area contributed by atoms with Crippen LogP contribution in [-0.4, -0.2) is 29.1 Å². The van der Waals surface area contributed by atoms with Gasteiger partial charge in [-0.25, -0.2) is 4.39 Å². The first kappa shape index (κ1) is 14.7. The predicted molar refractivity (Wildman–Crippen MR) is 83.2 cm³/mol. The minimum Gasteiger partial charge on any atom is -0.307 e. The van der Waals surface area contributed by atoms with Gasteiger partial charge < -0.3 is 9.47 Å². The highest BCUT2D eigenvalue weighted by Gasteiger charge is 2.13. The summed E-state index contributed by atoms with van der Waals surface area (Å²) >= 11 is 0. The van der Waals surface area contributed by atoms with Gasteiger partial charge in [0.1, 0.15) is 5.82 Å². The Kier molecular flexibility index (Phi) is 4.21. The van der Waals surface area contributed by atoms with Gasteiger partial charge in [-0.05, 0) is 44.1 Å². The summed E-state index contributed by atoms with van der Waals surface area (Å²) < 4.78 is 15.6. The Hall–Kier alpha value is -2.19. The number of rotatable bonds is 3. The zero-order valence-corrected chi connectivity index (χ0v) is 12.4. The van der Waals surface area contributed by atoms with Gasteiger partial charge in [-0.3, -0.25) is 4.79 Å². The average molecular weight is 299 g/mol. The molecule has 2 aromatic rings. The Bertz CT molecular complexity index is 785. The van der Waals surface area contributed by atoms with Crippen LogP contribution >= 0.6 is 0 Å². The number of hydrogen-bond acceptors (Lipinski definition) is 3. The summed E-state index contributed by atoms with van der Waals surface area (Å²) in [5, 5.41) is 9.39. The Balaban J connectivity index is 1.96. The minimum atomic E-state index is -0.458. The van der Waals surface area contributed by atoms with Gasteiger partial charge in [-0.1, -0.05) is 6.42 Å². The number of fused-ring (bicyclic) bond motifs is 1. The number of nitrogens with zero attached hydrogens (tertiary/aromatic N) is 3. The maximum absolute atomic E-state index is 14.1. The van der Waals surface area contributed by atoms with Crippen molar-refractivity contribution in [3.8, 4) is 6.07 Å². The lowest BCUT2D eigenvalue weighted by Crippen LogP contribution is -2.34. The largest absolute Gasteiger partial charge is 0.307 e. The van der Waals surface area contributed by atoms with Crippen LogP contribution in [0.5, 0.6) is 0 Å². The number of pyridine rings is 1. The van der Waals surface area contributed by atoms with Gasteiger partial charge in [0.25, 0.3) is 5.56 Å². The SMILES string of the molecule is N#Cc1cc(F)c2ccc(=O)n(CCN3CCCCC3)c2c1. The fraction of sp³-hybridized carbons (Fsp3) is 0.412. The third-order valence-electron chi connectivity index (χ3n) is 4.27. The van der Waals surface area contributed by atoms with E-state index in [0.29, 0.717) is 17.4 Å². The summed E-state index contributed by atoms with van der Waals surface area (Å²) in [5.41, 5.74) is 0.586. The molecule has 1 aliphatic rings. The lowest BCUT2D eigenvalue weighted by Gasteiger charge is -2.26. The first-order valence-corrected chi connectivity index (χ1v) is 7.64. The summed E-state index contributed by atoms with van der Waals surface area (Å²) in [6.45, 7) is 3.40. The Morgan fingerprint density at radius 3 is 2.64 bits per heavy atom. The second kappa shape index (κ2) is 6.29. The molecule has 0 amide bonds. The van der Waals surface area contributed by atoms with Crippen LogP contribution in [0, 0.1) is 17.1 Å². The lowest BCUT2D eigenvalue weighted by atomic mass is 10.1. The van der Waals surface area contributed by atoms with Gasteiger partial charge in [-0.2, -0.15) is 5.26 Å². The molecule has 1 aromatic carbocycles. The van der Waals surface area contributed by atoms with Crippen molar-refractivity contribution < 1.29 is 4.39 Å². The van der Waals surface area contributed by atoms with Crippen molar-refractivity contribution in [2.75, 3.05) is 19.6 Å². The van der Waals surface area contributed by atoms with Crippen LogP contribution in [-0.2, 0) is 6.54 Å². The smallest absolute Gasteiger partial charge is 0.251 e. The number of benzene rings is 1. The highest BCUT2D eigenvalue weighted by Crippen LogP contribution is 2.19. The molecule has 114 valence electrons. The van der Waals surface area contributed by atoms with Crippen molar-refractivity contribution in [3.63, 3.8) is 0 Å². The maximum atomic E-state index is 14.1. The number of hydrogen-bond donors (Lipinski definition) is 0. The monoisotopic (exact) mass is 299 g/mol. The quantitative estimate of drug-likeness (QED) is 0.875. The molecular formula is C17H18FN3O. The Labute approximate surface area is 128 Å². The van der Waals surface area contributed by atoms with Crippen LogP contribution < -0.4 is 5.56 Å². The van der Waals surface area contributed by atoms with E-state index in [1.807, 2.05) is 6.07 Å². The van der Waals surface area contributed by atoms with E-state index in [9.17, 15) is 9.18 Å². The first-order valence-electron chi connectivity index (χ1n) is 7.64. The fourth-order valence-corrected chi connectivity index (χ4v) is 3.07. The van der Waals surface area contributed by atoms with Gasteiger partial charge in [0, 0.05) is 24.5 Å². The molecule has 0 radical (unpaired) electrons. The van der Waals surface area contributed by atoms with E-state index < -0.39 is 5.82 Å². The molecule has 0 unspecified atom stereocenters. The third kappa shape index (κ3) is 2.88. The van der Waals surface area contributed by atoms with Crippen molar-refractivity contribution in [3.05, 3.63) is 46.0 Å². The molecule has 22 heavy (non-hydrogen) atoms. The summed E-state index contributed by atoms with van der Waals surface area (Å²) in [6.07, 6.45) is 3.65. The van der Waals surface area contributed by atoms with Gasteiger partial charge >= 0.3 is 0 Å². The lowest BCUT2D eigenvalue weighted by molar-refractivity contribution is 0.221. The van der Waals surface area contributed by atoms with Gasteiger partial charge in [-0.15, -0.1) is 0 Å². The van der Waals surface area contributed by atoms with Gasteiger partial charge in [0.15, 0.2) is 0 Å². The van der Waals surface area contributed by atoms with Crippen LogP contribution in [0.25, 0.3) is 10.9 Å². The van der Waals surface area contributed by atoms with E-state index >= 15 is 0 Å². The van der Waals surface area contributed by atoms with E-state index in [1.165, 1.54) is 37.5 Å². The molecule has 1 aromatic heterocycles. The molecule has 0 saturated carbocycles. The molecule has 3 rings (SSSR count). The van der Waals surface area contributed by atoms with Crippen molar-refractivity contribution in [2.45, 2.75) is 25.8 Å². The molecule has 0 spiro atoms. The number of piperidine rings is 1. The first-order chi connectivity index (χ1) is 10.7. The number of nitriles is 1. The summed E-state index contributed by atoms with van der Waals surface area (Å²) in [4.78, 5) is 14.5. The summed E-state index contributed by atoms with van der Waals surface area (Å²) in [5.74, 6) is -0.458. The number of aromatic nitrogens is 1. The van der Waals surface area contributed by atoms with Crippen molar-refractivity contribution in [2.24, 2.45) is 0 Å². The standard InChI is InChI=1S/C17H18FN3O/c18-15-10-13(12-19)11-16-14(15)4-5-17(22)21(16)9-8-20-6-2-1-3-7-20/h4-5,10-11H,1-3,6-9H2. The predicted octanol–water partition coefficient (Wildman–Crippen LogP) is 2.50. The molecule has 0 atom stereocenters. The Morgan fingerprint density at radius 1 is 1.14 bits per heavy atom. The van der Waals surface area contributed by atoms with E-state index in [0.717, 1.165) is 19.6 Å². The second-order valence-corrected chi connectivity index (χ2v) is 5.73. The van der Waals surface area contributed by atoms with Gasteiger partial charge in [0.2, 0.25) is 0 Å². The molecular weight excluding hydrogens is 281 g/mol. The van der Waals surface area contributed by atoms with Crippen molar-refractivity contribution in [1.29, 1.82) is 5.26 Å². The zero-order valence-electron chi connectivity index (χ0n) is 12.4. The molecule has 0 N–H and O–H groups in total. The van der Waals surface area contributed by atoms with E-state index in [2.05, 4.69) is 4.90 Å².